The molecule has 0 bridgehead atoms. The third-order valence-electron chi connectivity index (χ3n) is 3.96. The molecule has 0 amide bonds. The van der Waals surface area contributed by atoms with Gasteiger partial charge in [-0.05, 0) is 25.0 Å². The van der Waals surface area contributed by atoms with Crippen molar-refractivity contribution in [1.29, 1.82) is 0 Å². The average Bonchev–Trinajstić information content (AvgIpc) is 2.64. The van der Waals surface area contributed by atoms with Gasteiger partial charge in [0.25, 0.3) is 0 Å². The van der Waals surface area contributed by atoms with Gasteiger partial charge in [0.1, 0.15) is 0 Å². The maximum atomic E-state index is 4.65. The van der Waals surface area contributed by atoms with Crippen molar-refractivity contribution >= 4 is 36.0 Å². The van der Waals surface area contributed by atoms with Crippen LogP contribution in [0.3, 0.4) is 0 Å². The van der Waals surface area contributed by atoms with Crippen molar-refractivity contribution in [2.75, 3.05) is 13.1 Å². The Morgan fingerprint density at radius 1 is 0.633 bits per heavy atom. The highest BCUT2D eigenvalue weighted by Crippen LogP contribution is 2.34. The van der Waals surface area contributed by atoms with E-state index in [2.05, 4.69) is 100 Å². The molecule has 0 aliphatic carbocycles. The molecule has 0 atom stereocenters. The second kappa shape index (κ2) is 11.8. The Morgan fingerprint density at radius 3 is 1.37 bits per heavy atom. The topological polar surface area (TPSA) is 24.7 Å². The highest BCUT2D eigenvalue weighted by atomic mass is 32.2. The second-order valence-corrected chi connectivity index (χ2v) is 13.0. The molecule has 30 heavy (non-hydrogen) atoms. The standard InChI is InChI=1S/C26H36N2S2/c1-25(2,3)29-23-15-9-7-13-21(23)19-27-17-11-12-18-28-20-22-14-8-10-16-24(22)30-26(4,5)6/h7-10,13-16,19-20H,11-12,17-18H2,1-6H3. The van der Waals surface area contributed by atoms with E-state index in [1.807, 2.05) is 36.0 Å². The van der Waals surface area contributed by atoms with Crippen LogP contribution in [0, 0.1) is 0 Å². The molecule has 0 aromatic heterocycles. The average molecular weight is 441 g/mol. The number of thioether (sulfide) groups is 2. The normalized spacial score (nSPS) is 12.9. The predicted molar refractivity (Wildman–Crippen MR) is 138 cm³/mol. The molecule has 0 radical (unpaired) electrons. The molecule has 2 aromatic rings. The van der Waals surface area contributed by atoms with Crippen LogP contribution >= 0.6 is 23.5 Å². The van der Waals surface area contributed by atoms with E-state index in [0.29, 0.717) is 0 Å². The molecule has 0 saturated carbocycles. The number of hydrogen-bond acceptors (Lipinski definition) is 4. The van der Waals surface area contributed by atoms with Gasteiger partial charge in [-0.15, -0.1) is 23.5 Å². The zero-order chi connectivity index (χ0) is 22.0. The first kappa shape index (κ1) is 24.7. The maximum absolute atomic E-state index is 4.65. The van der Waals surface area contributed by atoms with Crippen LogP contribution in [-0.2, 0) is 0 Å². The highest BCUT2D eigenvalue weighted by Gasteiger charge is 2.14. The number of hydrogen-bond donors (Lipinski definition) is 0. The Morgan fingerprint density at radius 2 is 1.00 bits per heavy atom. The van der Waals surface area contributed by atoms with E-state index < -0.39 is 0 Å². The van der Waals surface area contributed by atoms with Crippen molar-refractivity contribution < 1.29 is 0 Å². The van der Waals surface area contributed by atoms with Crippen molar-refractivity contribution in [2.45, 2.75) is 73.7 Å². The van der Waals surface area contributed by atoms with Gasteiger partial charge in [-0.3, -0.25) is 9.98 Å². The summed E-state index contributed by atoms with van der Waals surface area (Å²) in [5, 5.41) is 0. The molecule has 0 aliphatic rings. The van der Waals surface area contributed by atoms with Crippen molar-refractivity contribution in [1.82, 2.24) is 0 Å². The quantitative estimate of drug-likeness (QED) is 0.226. The predicted octanol–water partition coefficient (Wildman–Crippen LogP) is 7.79. The molecular formula is C26H36N2S2. The molecule has 0 saturated heterocycles. The first-order chi connectivity index (χ1) is 14.1. The largest absolute Gasteiger partial charge is 0.293 e. The number of benzene rings is 2. The van der Waals surface area contributed by atoms with Crippen LogP contribution in [0.25, 0.3) is 0 Å². The van der Waals surface area contributed by atoms with Crippen molar-refractivity contribution in [3.8, 4) is 0 Å². The summed E-state index contributed by atoms with van der Waals surface area (Å²) in [5.74, 6) is 0. The highest BCUT2D eigenvalue weighted by molar-refractivity contribution is 8.01. The number of unbranched alkanes of at least 4 members (excludes halogenated alkanes) is 1. The van der Waals surface area contributed by atoms with Crippen molar-refractivity contribution in [3.63, 3.8) is 0 Å². The zero-order valence-electron chi connectivity index (χ0n) is 19.3. The summed E-state index contributed by atoms with van der Waals surface area (Å²) in [6.07, 6.45) is 6.16. The molecule has 2 nitrogen and oxygen atoms in total. The molecule has 0 fully saturated rings. The molecule has 0 spiro atoms. The smallest absolute Gasteiger partial charge is 0.0390 e. The van der Waals surface area contributed by atoms with E-state index >= 15 is 0 Å². The van der Waals surface area contributed by atoms with Gasteiger partial charge >= 0.3 is 0 Å². The summed E-state index contributed by atoms with van der Waals surface area (Å²) in [6, 6.07) is 17.0. The Hall–Kier alpha value is -1.52. The van der Waals surface area contributed by atoms with Crippen LogP contribution in [0.5, 0.6) is 0 Å². The third kappa shape index (κ3) is 9.99. The fourth-order valence-electron chi connectivity index (χ4n) is 2.75. The summed E-state index contributed by atoms with van der Waals surface area (Å²) in [6.45, 7) is 15.1. The molecule has 0 N–H and O–H groups in total. The number of rotatable bonds is 9. The number of aliphatic imine (C=N–C) groups is 2. The minimum absolute atomic E-state index is 0.200. The monoisotopic (exact) mass is 440 g/mol. The molecule has 0 heterocycles. The van der Waals surface area contributed by atoms with Crippen molar-refractivity contribution in [3.05, 3.63) is 59.7 Å². The minimum Gasteiger partial charge on any atom is -0.293 e. The first-order valence-corrected chi connectivity index (χ1v) is 12.3. The fourth-order valence-corrected chi connectivity index (χ4v) is 4.84. The van der Waals surface area contributed by atoms with Gasteiger partial charge in [0, 0.05) is 55.9 Å². The SMILES string of the molecule is CC(C)(C)Sc1ccccc1C=NCCCCN=Cc1ccccc1SC(C)(C)C. The molecule has 162 valence electrons. The summed E-state index contributed by atoms with van der Waals surface area (Å²) < 4.78 is 0.401. The molecule has 2 rings (SSSR count). The van der Waals surface area contributed by atoms with Gasteiger partial charge in [-0.25, -0.2) is 0 Å². The minimum atomic E-state index is 0.200. The van der Waals surface area contributed by atoms with Crippen LogP contribution in [0.4, 0.5) is 0 Å². The van der Waals surface area contributed by atoms with Gasteiger partial charge in [-0.2, -0.15) is 0 Å². The maximum Gasteiger partial charge on any atom is 0.0390 e. The van der Waals surface area contributed by atoms with Crippen molar-refractivity contribution in [2.24, 2.45) is 9.98 Å². The summed E-state index contributed by atoms with van der Waals surface area (Å²) in [7, 11) is 0. The van der Waals surface area contributed by atoms with E-state index in [4.69, 9.17) is 0 Å². The lowest BCUT2D eigenvalue weighted by Crippen LogP contribution is -2.07. The lowest BCUT2D eigenvalue weighted by Gasteiger charge is -2.18. The fraction of sp³-hybridized carbons (Fsp3) is 0.462. The van der Waals surface area contributed by atoms with Crippen LogP contribution < -0.4 is 0 Å². The summed E-state index contributed by atoms with van der Waals surface area (Å²) in [4.78, 5) is 11.9. The lowest BCUT2D eigenvalue weighted by atomic mass is 10.2. The van der Waals surface area contributed by atoms with Gasteiger partial charge in [0.15, 0.2) is 0 Å². The molecule has 2 aromatic carbocycles. The molecule has 0 unspecified atom stereocenters. The van der Waals surface area contributed by atoms with Crippen LogP contribution in [0.2, 0.25) is 0 Å². The van der Waals surface area contributed by atoms with Gasteiger partial charge in [0.05, 0.1) is 0 Å². The van der Waals surface area contributed by atoms with Gasteiger partial charge in [-0.1, -0.05) is 77.9 Å². The van der Waals surface area contributed by atoms with E-state index in [9.17, 15) is 0 Å². The molecule has 0 aliphatic heterocycles. The van der Waals surface area contributed by atoms with Crippen LogP contribution in [0.15, 0.2) is 68.3 Å². The van der Waals surface area contributed by atoms with Gasteiger partial charge < -0.3 is 0 Å². The van der Waals surface area contributed by atoms with E-state index in [0.717, 1.165) is 25.9 Å². The van der Waals surface area contributed by atoms with Crippen LogP contribution in [0.1, 0.15) is 65.5 Å². The lowest BCUT2D eigenvalue weighted by molar-refractivity contribution is 0.759. The Balaban J connectivity index is 1.78. The Labute approximate surface area is 192 Å². The van der Waals surface area contributed by atoms with Crippen LogP contribution in [-0.4, -0.2) is 35.0 Å². The van der Waals surface area contributed by atoms with E-state index in [1.54, 1.807) is 0 Å². The molecule has 4 heteroatoms. The first-order valence-electron chi connectivity index (χ1n) is 10.7. The van der Waals surface area contributed by atoms with E-state index in [-0.39, 0.29) is 9.49 Å². The number of nitrogens with zero attached hydrogens (tertiary/aromatic N) is 2. The summed E-state index contributed by atoms with van der Waals surface area (Å²) >= 11 is 3.78. The Kier molecular flexibility index (Phi) is 9.70. The Bertz CT molecular complexity index is 771. The zero-order valence-corrected chi connectivity index (χ0v) is 20.9. The van der Waals surface area contributed by atoms with Gasteiger partial charge in [0.2, 0.25) is 0 Å². The third-order valence-corrected chi connectivity index (χ3v) is 6.36. The second-order valence-electron chi connectivity index (χ2n) is 9.28. The summed E-state index contributed by atoms with van der Waals surface area (Å²) in [5.41, 5.74) is 2.42. The van der Waals surface area contributed by atoms with E-state index in [1.165, 1.54) is 20.9 Å². The molecular weight excluding hydrogens is 404 g/mol.